The van der Waals surface area contributed by atoms with Crippen molar-refractivity contribution in [1.29, 1.82) is 0 Å². The second kappa shape index (κ2) is 7.50. The zero-order chi connectivity index (χ0) is 17.7. The third kappa shape index (κ3) is 4.25. The van der Waals surface area contributed by atoms with E-state index in [-0.39, 0.29) is 29.0 Å². The molecule has 0 aromatic heterocycles. The van der Waals surface area contributed by atoms with Crippen LogP contribution in [-0.2, 0) is 0 Å². The van der Waals surface area contributed by atoms with E-state index in [1.165, 1.54) is 18.2 Å². The maximum absolute atomic E-state index is 12.2. The van der Waals surface area contributed by atoms with E-state index in [4.69, 9.17) is 9.84 Å². The zero-order valence-corrected chi connectivity index (χ0v) is 13.4. The molecule has 0 aliphatic carbocycles. The van der Waals surface area contributed by atoms with Crippen LogP contribution in [0.1, 0.15) is 41.0 Å². The summed E-state index contributed by atoms with van der Waals surface area (Å²) in [5.74, 6) is -1.33. The molecule has 6 heteroatoms. The Balaban J connectivity index is 2.10. The number of hydrogen-bond donors (Lipinski definition) is 3. The molecule has 6 nitrogen and oxygen atoms in total. The van der Waals surface area contributed by atoms with Crippen LogP contribution in [0.5, 0.6) is 11.5 Å². The van der Waals surface area contributed by atoms with Gasteiger partial charge in [0.25, 0.3) is 5.91 Å². The van der Waals surface area contributed by atoms with Gasteiger partial charge in [0.05, 0.1) is 6.10 Å². The molecule has 2 rings (SSSR count). The number of rotatable bonds is 6. The molecule has 0 bridgehead atoms. The van der Waals surface area contributed by atoms with Crippen LogP contribution in [0.3, 0.4) is 0 Å². The molecular formula is C18H19NO5. The van der Waals surface area contributed by atoms with Gasteiger partial charge in [0.15, 0.2) is 0 Å². The van der Waals surface area contributed by atoms with Crippen molar-refractivity contribution in [3.63, 3.8) is 0 Å². The maximum atomic E-state index is 12.2. The molecule has 1 atom stereocenters. The van der Waals surface area contributed by atoms with Crippen LogP contribution in [0.4, 0.5) is 5.69 Å². The number of anilines is 1. The summed E-state index contributed by atoms with van der Waals surface area (Å²) < 4.78 is 5.65. The largest absolute Gasteiger partial charge is 0.507 e. The van der Waals surface area contributed by atoms with Gasteiger partial charge in [-0.3, -0.25) is 4.79 Å². The van der Waals surface area contributed by atoms with E-state index in [9.17, 15) is 14.7 Å². The van der Waals surface area contributed by atoms with Gasteiger partial charge in [-0.25, -0.2) is 4.79 Å². The average molecular weight is 329 g/mol. The summed E-state index contributed by atoms with van der Waals surface area (Å²) in [5.41, 5.74) is 0.427. The number of carbonyl (C=O) groups excluding carboxylic acids is 1. The number of aromatic carboxylic acids is 1. The molecule has 1 amide bonds. The molecular weight excluding hydrogens is 310 g/mol. The number of phenols is 1. The molecule has 0 aliphatic rings. The fourth-order valence-electron chi connectivity index (χ4n) is 1.99. The number of carboxylic acid groups (broad SMARTS) is 1. The highest BCUT2D eigenvalue weighted by Gasteiger charge is 2.12. The van der Waals surface area contributed by atoms with Gasteiger partial charge in [0.2, 0.25) is 0 Å². The molecule has 126 valence electrons. The Hall–Kier alpha value is -3.02. The quantitative estimate of drug-likeness (QED) is 0.705. The summed E-state index contributed by atoms with van der Waals surface area (Å²) in [6.45, 7) is 3.99. The fourth-order valence-corrected chi connectivity index (χ4v) is 1.99. The van der Waals surface area contributed by atoms with Gasteiger partial charge in [-0.15, -0.1) is 0 Å². The van der Waals surface area contributed by atoms with Crippen molar-refractivity contribution in [2.45, 2.75) is 26.4 Å². The minimum Gasteiger partial charge on any atom is -0.507 e. The Morgan fingerprint density at radius 2 is 1.83 bits per heavy atom. The van der Waals surface area contributed by atoms with Crippen LogP contribution in [0.15, 0.2) is 42.5 Å². The van der Waals surface area contributed by atoms with Gasteiger partial charge >= 0.3 is 5.97 Å². The summed E-state index contributed by atoms with van der Waals surface area (Å²) in [4.78, 5) is 23.2. The highest BCUT2D eigenvalue weighted by atomic mass is 16.5. The van der Waals surface area contributed by atoms with Crippen molar-refractivity contribution in [1.82, 2.24) is 0 Å². The van der Waals surface area contributed by atoms with E-state index in [0.29, 0.717) is 11.3 Å². The van der Waals surface area contributed by atoms with Gasteiger partial charge in [-0.05, 0) is 55.8 Å². The molecule has 0 heterocycles. The van der Waals surface area contributed by atoms with Gasteiger partial charge in [0, 0.05) is 11.3 Å². The predicted octanol–water partition coefficient (Wildman–Crippen LogP) is 3.52. The van der Waals surface area contributed by atoms with Crippen LogP contribution in [0, 0.1) is 0 Å². The SMILES string of the molecule is CCC(C)Oc1ccc(C(=O)Nc2ccc(O)c(C(=O)O)c2)cc1. The van der Waals surface area contributed by atoms with E-state index < -0.39 is 5.97 Å². The van der Waals surface area contributed by atoms with Crippen LogP contribution in [-0.4, -0.2) is 28.2 Å². The van der Waals surface area contributed by atoms with Gasteiger partial charge in [-0.2, -0.15) is 0 Å². The van der Waals surface area contributed by atoms with E-state index in [0.717, 1.165) is 6.42 Å². The highest BCUT2D eigenvalue weighted by molar-refractivity contribution is 6.05. The summed E-state index contributed by atoms with van der Waals surface area (Å²) in [6.07, 6.45) is 0.978. The Morgan fingerprint density at radius 3 is 2.42 bits per heavy atom. The molecule has 0 radical (unpaired) electrons. The molecule has 3 N–H and O–H groups in total. The first-order valence-electron chi connectivity index (χ1n) is 7.55. The van der Waals surface area contributed by atoms with Crippen LogP contribution < -0.4 is 10.1 Å². The predicted molar refractivity (Wildman–Crippen MR) is 89.8 cm³/mol. The molecule has 0 saturated heterocycles. The lowest BCUT2D eigenvalue weighted by atomic mass is 10.1. The van der Waals surface area contributed by atoms with Gasteiger partial charge in [-0.1, -0.05) is 6.92 Å². The standard InChI is InChI=1S/C18H19NO5/c1-3-11(2)24-14-7-4-12(5-8-14)17(21)19-13-6-9-16(20)15(10-13)18(22)23/h4-11,20H,3H2,1-2H3,(H,19,21)(H,22,23). The number of nitrogens with one attached hydrogen (secondary N) is 1. The van der Waals surface area contributed by atoms with Gasteiger partial charge < -0.3 is 20.3 Å². The van der Waals surface area contributed by atoms with Crippen LogP contribution >= 0.6 is 0 Å². The molecule has 0 spiro atoms. The van der Waals surface area contributed by atoms with E-state index in [2.05, 4.69) is 5.32 Å². The molecule has 2 aromatic rings. The molecule has 0 saturated carbocycles. The number of carbonyl (C=O) groups is 2. The smallest absolute Gasteiger partial charge is 0.339 e. The number of hydrogen-bond acceptors (Lipinski definition) is 4. The van der Waals surface area contributed by atoms with Crippen LogP contribution in [0.2, 0.25) is 0 Å². The Morgan fingerprint density at radius 1 is 1.17 bits per heavy atom. The molecule has 24 heavy (non-hydrogen) atoms. The topological polar surface area (TPSA) is 95.9 Å². The second-order valence-electron chi connectivity index (χ2n) is 5.35. The maximum Gasteiger partial charge on any atom is 0.339 e. The van der Waals surface area contributed by atoms with E-state index in [1.807, 2.05) is 13.8 Å². The van der Waals surface area contributed by atoms with Gasteiger partial charge in [0.1, 0.15) is 17.1 Å². The fraction of sp³-hybridized carbons (Fsp3) is 0.222. The van der Waals surface area contributed by atoms with E-state index >= 15 is 0 Å². The molecule has 1 unspecified atom stereocenters. The minimum absolute atomic E-state index is 0.0936. The third-order valence-corrected chi connectivity index (χ3v) is 3.51. The molecule has 0 aliphatic heterocycles. The third-order valence-electron chi connectivity index (χ3n) is 3.51. The van der Waals surface area contributed by atoms with E-state index in [1.54, 1.807) is 24.3 Å². The van der Waals surface area contributed by atoms with Crippen molar-refractivity contribution in [2.24, 2.45) is 0 Å². The van der Waals surface area contributed by atoms with Crippen molar-refractivity contribution in [2.75, 3.05) is 5.32 Å². The number of aromatic hydroxyl groups is 1. The summed E-state index contributed by atoms with van der Waals surface area (Å²) in [7, 11) is 0. The molecule has 2 aromatic carbocycles. The Kier molecular flexibility index (Phi) is 5.42. The summed E-state index contributed by atoms with van der Waals surface area (Å²) in [6, 6.07) is 10.5. The number of amides is 1. The van der Waals surface area contributed by atoms with Crippen LogP contribution in [0.25, 0.3) is 0 Å². The first-order chi connectivity index (χ1) is 11.4. The first-order valence-corrected chi connectivity index (χ1v) is 7.55. The minimum atomic E-state index is -1.27. The lowest BCUT2D eigenvalue weighted by Gasteiger charge is -2.13. The Bertz CT molecular complexity index is 740. The summed E-state index contributed by atoms with van der Waals surface area (Å²) >= 11 is 0. The zero-order valence-electron chi connectivity index (χ0n) is 13.4. The number of carboxylic acids is 1. The normalized spacial score (nSPS) is 11.6. The lowest BCUT2D eigenvalue weighted by Crippen LogP contribution is -2.13. The number of benzene rings is 2. The van der Waals surface area contributed by atoms with Crippen molar-refractivity contribution >= 4 is 17.6 Å². The monoisotopic (exact) mass is 329 g/mol. The highest BCUT2D eigenvalue weighted by Crippen LogP contribution is 2.22. The Labute approximate surface area is 139 Å². The average Bonchev–Trinajstić information content (AvgIpc) is 2.56. The number of ether oxygens (including phenoxy) is 1. The van der Waals surface area contributed by atoms with Crippen molar-refractivity contribution in [3.8, 4) is 11.5 Å². The first kappa shape index (κ1) is 17.3. The van der Waals surface area contributed by atoms with Crippen molar-refractivity contribution in [3.05, 3.63) is 53.6 Å². The second-order valence-corrected chi connectivity index (χ2v) is 5.35. The van der Waals surface area contributed by atoms with Crippen molar-refractivity contribution < 1.29 is 24.5 Å². The lowest BCUT2D eigenvalue weighted by molar-refractivity contribution is 0.0693. The molecule has 0 fully saturated rings. The summed E-state index contributed by atoms with van der Waals surface area (Å²) in [5, 5.41) is 21.0.